The first-order valence-corrected chi connectivity index (χ1v) is 3.65. The third-order valence-corrected chi connectivity index (χ3v) is 1.70. The molecule has 0 aliphatic heterocycles. The van der Waals surface area contributed by atoms with Gasteiger partial charge in [-0.2, -0.15) is 0 Å². The van der Waals surface area contributed by atoms with Crippen molar-refractivity contribution in [3.8, 4) is 0 Å². The lowest BCUT2D eigenvalue weighted by Crippen LogP contribution is -2.22. The second kappa shape index (κ2) is 3.34. The van der Waals surface area contributed by atoms with E-state index >= 15 is 0 Å². The fourth-order valence-corrected chi connectivity index (χ4v) is 0.878. The molecule has 0 saturated carbocycles. The lowest BCUT2D eigenvalue weighted by atomic mass is 10.3. The van der Waals surface area contributed by atoms with Gasteiger partial charge in [0, 0.05) is 12.7 Å². The summed E-state index contributed by atoms with van der Waals surface area (Å²) in [5, 5.41) is 7.31. The highest BCUT2D eigenvalue weighted by molar-refractivity contribution is 5.92. The molecule has 0 saturated heterocycles. The van der Waals surface area contributed by atoms with Crippen LogP contribution in [0.25, 0.3) is 0 Å². The Labute approximate surface area is 71.1 Å². The minimum absolute atomic E-state index is 0.277. The molecular weight excluding hydrogens is 155 g/mol. The Balaban J connectivity index is 2.95. The van der Waals surface area contributed by atoms with Crippen molar-refractivity contribution in [2.24, 2.45) is 0 Å². The molecule has 0 aliphatic rings. The molecule has 0 fully saturated rings. The van der Waals surface area contributed by atoms with Crippen LogP contribution in [0.1, 0.15) is 6.92 Å². The fourth-order valence-electron chi connectivity index (χ4n) is 0.878. The normalized spacial score (nSPS) is 9.58. The van der Waals surface area contributed by atoms with Gasteiger partial charge in [0.1, 0.15) is 5.82 Å². The van der Waals surface area contributed by atoms with Crippen LogP contribution in [0.3, 0.4) is 0 Å². The second-order valence-corrected chi connectivity index (χ2v) is 2.62. The van der Waals surface area contributed by atoms with E-state index in [1.54, 1.807) is 31.0 Å². The Bertz CT molecular complexity index is 296. The van der Waals surface area contributed by atoms with Gasteiger partial charge in [-0.1, -0.05) is 6.07 Å². The van der Waals surface area contributed by atoms with Gasteiger partial charge in [-0.3, -0.25) is 5.41 Å². The molecule has 0 radical (unpaired) electrons. The van der Waals surface area contributed by atoms with Crippen LogP contribution >= 0.6 is 0 Å². The van der Waals surface area contributed by atoms with Gasteiger partial charge in [-0.15, -0.1) is 0 Å². The summed E-state index contributed by atoms with van der Waals surface area (Å²) in [7, 11) is 1.73. The van der Waals surface area contributed by atoms with Gasteiger partial charge in [0.05, 0.1) is 5.84 Å². The van der Waals surface area contributed by atoms with Crippen LogP contribution in [-0.4, -0.2) is 12.9 Å². The number of nitrogens with zero attached hydrogens (tertiary/aromatic N) is 1. The molecule has 1 aromatic carbocycles. The highest BCUT2D eigenvalue weighted by Crippen LogP contribution is 2.13. The number of hydrogen-bond acceptors (Lipinski definition) is 1. The summed E-state index contributed by atoms with van der Waals surface area (Å²) >= 11 is 0. The number of nitrogens with one attached hydrogen (secondary N) is 1. The molecule has 0 atom stereocenters. The van der Waals surface area contributed by atoms with E-state index in [1.165, 1.54) is 12.1 Å². The Kier molecular flexibility index (Phi) is 2.43. The van der Waals surface area contributed by atoms with E-state index in [2.05, 4.69) is 0 Å². The SMILES string of the molecule is CC(=N)N(C)c1cccc(F)c1. The maximum atomic E-state index is 12.7. The Morgan fingerprint density at radius 1 is 1.50 bits per heavy atom. The predicted molar refractivity (Wildman–Crippen MR) is 48.2 cm³/mol. The molecule has 0 aliphatic carbocycles. The molecule has 12 heavy (non-hydrogen) atoms. The standard InChI is InChI=1S/C9H11FN2/c1-7(11)12(2)9-5-3-4-8(10)6-9/h3-6,11H,1-2H3. The monoisotopic (exact) mass is 166 g/mol. The minimum atomic E-state index is -0.277. The molecule has 0 aromatic heterocycles. The van der Waals surface area contributed by atoms with Crippen molar-refractivity contribution in [2.75, 3.05) is 11.9 Å². The molecule has 1 rings (SSSR count). The molecular formula is C9H11FN2. The maximum absolute atomic E-state index is 12.7. The maximum Gasteiger partial charge on any atom is 0.125 e. The van der Waals surface area contributed by atoms with Crippen LogP contribution in [0, 0.1) is 11.2 Å². The Morgan fingerprint density at radius 2 is 2.17 bits per heavy atom. The number of amidine groups is 1. The molecule has 0 bridgehead atoms. The van der Waals surface area contributed by atoms with Crippen LogP contribution in [-0.2, 0) is 0 Å². The van der Waals surface area contributed by atoms with E-state index < -0.39 is 0 Å². The largest absolute Gasteiger partial charge is 0.334 e. The van der Waals surface area contributed by atoms with Crippen molar-refractivity contribution in [3.63, 3.8) is 0 Å². The van der Waals surface area contributed by atoms with E-state index in [0.717, 1.165) is 0 Å². The van der Waals surface area contributed by atoms with Gasteiger partial charge in [0.25, 0.3) is 0 Å². The molecule has 0 spiro atoms. The van der Waals surface area contributed by atoms with Crippen LogP contribution in [0.2, 0.25) is 0 Å². The summed E-state index contributed by atoms with van der Waals surface area (Å²) in [5.74, 6) is 0.112. The van der Waals surface area contributed by atoms with Gasteiger partial charge in [-0.05, 0) is 25.1 Å². The van der Waals surface area contributed by atoms with Gasteiger partial charge in [0.2, 0.25) is 0 Å². The zero-order valence-corrected chi connectivity index (χ0v) is 7.13. The van der Waals surface area contributed by atoms with Crippen molar-refractivity contribution in [3.05, 3.63) is 30.1 Å². The third kappa shape index (κ3) is 1.81. The average molecular weight is 166 g/mol. The van der Waals surface area contributed by atoms with Crippen LogP contribution in [0.15, 0.2) is 24.3 Å². The van der Waals surface area contributed by atoms with Gasteiger partial charge >= 0.3 is 0 Å². The van der Waals surface area contributed by atoms with Crippen molar-refractivity contribution in [1.29, 1.82) is 5.41 Å². The molecule has 0 unspecified atom stereocenters. The number of benzene rings is 1. The topological polar surface area (TPSA) is 27.1 Å². The van der Waals surface area contributed by atoms with E-state index in [1.807, 2.05) is 0 Å². The smallest absolute Gasteiger partial charge is 0.125 e. The number of hydrogen-bond donors (Lipinski definition) is 1. The minimum Gasteiger partial charge on any atom is -0.334 e. The van der Waals surface area contributed by atoms with E-state index in [-0.39, 0.29) is 5.82 Å². The lowest BCUT2D eigenvalue weighted by Gasteiger charge is -2.16. The summed E-state index contributed by atoms with van der Waals surface area (Å²) in [6, 6.07) is 6.18. The quantitative estimate of drug-likeness (QED) is 0.502. The van der Waals surface area contributed by atoms with Gasteiger partial charge < -0.3 is 4.90 Å². The summed E-state index contributed by atoms with van der Waals surface area (Å²) in [4.78, 5) is 1.61. The van der Waals surface area contributed by atoms with E-state index in [9.17, 15) is 4.39 Å². The fraction of sp³-hybridized carbons (Fsp3) is 0.222. The van der Waals surface area contributed by atoms with E-state index in [0.29, 0.717) is 11.5 Å². The van der Waals surface area contributed by atoms with E-state index in [4.69, 9.17) is 5.41 Å². The highest BCUT2D eigenvalue weighted by Gasteiger charge is 2.02. The summed E-state index contributed by atoms with van der Waals surface area (Å²) < 4.78 is 12.7. The van der Waals surface area contributed by atoms with Crippen LogP contribution in [0.5, 0.6) is 0 Å². The zero-order chi connectivity index (χ0) is 9.14. The summed E-state index contributed by atoms with van der Waals surface area (Å²) in [6.07, 6.45) is 0. The molecule has 64 valence electrons. The predicted octanol–water partition coefficient (Wildman–Crippen LogP) is 2.26. The van der Waals surface area contributed by atoms with Crippen molar-refractivity contribution in [1.82, 2.24) is 0 Å². The van der Waals surface area contributed by atoms with Crippen molar-refractivity contribution in [2.45, 2.75) is 6.92 Å². The number of halogens is 1. The van der Waals surface area contributed by atoms with Crippen molar-refractivity contribution < 1.29 is 4.39 Å². The molecule has 1 N–H and O–H groups in total. The molecule has 2 nitrogen and oxygen atoms in total. The van der Waals surface area contributed by atoms with Crippen LogP contribution < -0.4 is 4.90 Å². The second-order valence-electron chi connectivity index (χ2n) is 2.62. The molecule has 1 aromatic rings. The third-order valence-electron chi connectivity index (χ3n) is 1.70. The summed E-state index contributed by atoms with van der Waals surface area (Å²) in [5.41, 5.74) is 0.697. The number of anilines is 1. The first-order valence-electron chi connectivity index (χ1n) is 3.65. The Hall–Kier alpha value is -1.38. The van der Waals surface area contributed by atoms with Gasteiger partial charge in [-0.25, -0.2) is 4.39 Å². The van der Waals surface area contributed by atoms with Crippen LogP contribution in [0.4, 0.5) is 10.1 Å². The summed E-state index contributed by atoms with van der Waals surface area (Å²) in [6.45, 7) is 1.66. The zero-order valence-electron chi connectivity index (χ0n) is 7.13. The highest BCUT2D eigenvalue weighted by atomic mass is 19.1. The van der Waals surface area contributed by atoms with Gasteiger partial charge in [0.15, 0.2) is 0 Å². The average Bonchev–Trinajstić information content (AvgIpc) is 2.03. The molecule has 0 amide bonds. The lowest BCUT2D eigenvalue weighted by molar-refractivity contribution is 0.628. The van der Waals surface area contributed by atoms with Crippen molar-refractivity contribution >= 4 is 11.5 Å². The first kappa shape index (κ1) is 8.71. The molecule has 3 heteroatoms. The number of rotatable bonds is 1. The first-order chi connectivity index (χ1) is 5.61. The Morgan fingerprint density at radius 3 is 2.67 bits per heavy atom. The molecule has 0 heterocycles.